The van der Waals surface area contributed by atoms with Crippen molar-refractivity contribution >= 4 is 12.4 Å². The van der Waals surface area contributed by atoms with E-state index in [1.807, 2.05) is 0 Å². The van der Waals surface area contributed by atoms with Crippen LogP contribution in [0.15, 0.2) is 54.6 Å². The molecule has 1 fully saturated rings. The molecule has 2 nitrogen and oxygen atoms in total. The van der Waals surface area contributed by atoms with E-state index in [4.69, 9.17) is 4.74 Å². The van der Waals surface area contributed by atoms with Gasteiger partial charge in [0, 0.05) is 19.0 Å². The number of hydrogen-bond acceptors (Lipinski definition) is 2. The average Bonchev–Trinajstić information content (AvgIpc) is 2.50. The van der Waals surface area contributed by atoms with E-state index in [9.17, 15) is 0 Å². The topological polar surface area (TPSA) is 12.5 Å². The summed E-state index contributed by atoms with van der Waals surface area (Å²) < 4.78 is 6.32. The van der Waals surface area contributed by atoms with Gasteiger partial charge in [-0.2, -0.15) is 0 Å². The van der Waals surface area contributed by atoms with Gasteiger partial charge in [0.05, 0.1) is 0 Å². The number of aryl methyl sites for hydroxylation is 1. The van der Waals surface area contributed by atoms with Crippen molar-refractivity contribution in [1.29, 1.82) is 0 Å². The number of rotatable bonds is 3. The number of benzene rings is 2. The predicted octanol–water partition coefficient (Wildman–Crippen LogP) is 4.28. The molecule has 0 amide bonds. The molecule has 22 heavy (non-hydrogen) atoms. The molecule has 118 valence electrons. The van der Waals surface area contributed by atoms with Crippen LogP contribution in [0.3, 0.4) is 0 Å². The van der Waals surface area contributed by atoms with Gasteiger partial charge in [-0.05, 0) is 43.7 Å². The van der Waals surface area contributed by atoms with E-state index >= 15 is 0 Å². The van der Waals surface area contributed by atoms with E-state index in [-0.39, 0.29) is 18.5 Å². The lowest BCUT2D eigenvalue weighted by Gasteiger charge is -2.37. The number of likely N-dealkylation sites (N-methyl/N-ethyl adjacent to an activating group) is 1. The van der Waals surface area contributed by atoms with E-state index in [1.165, 1.54) is 11.1 Å². The molecule has 2 atom stereocenters. The van der Waals surface area contributed by atoms with E-state index in [0.717, 1.165) is 25.3 Å². The molecular weight excluding hydrogens is 294 g/mol. The Morgan fingerprint density at radius 2 is 1.82 bits per heavy atom. The molecule has 0 saturated carbocycles. The Morgan fingerprint density at radius 3 is 2.55 bits per heavy atom. The molecule has 1 heterocycles. The number of nitrogens with zero attached hydrogens (tertiary/aromatic N) is 1. The summed E-state index contributed by atoms with van der Waals surface area (Å²) in [6.07, 6.45) is 1.33. The molecule has 2 unspecified atom stereocenters. The van der Waals surface area contributed by atoms with Crippen molar-refractivity contribution < 1.29 is 4.74 Å². The first-order valence-electron chi connectivity index (χ1n) is 7.69. The zero-order chi connectivity index (χ0) is 14.7. The molecule has 0 radical (unpaired) electrons. The molecule has 2 aromatic carbocycles. The highest BCUT2D eigenvalue weighted by molar-refractivity contribution is 5.85. The highest BCUT2D eigenvalue weighted by atomic mass is 35.5. The SMILES string of the molecule is Cc1cccc(OC2CCN(C)CC2c2ccccc2)c1.Cl. The predicted molar refractivity (Wildman–Crippen MR) is 94.1 cm³/mol. The zero-order valence-corrected chi connectivity index (χ0v) is 14.1. The molecule has 0 aliphatic carbocycles. The van der Waals surface area contributed by atoms with Crippen LogP contribution in [0, 0.1) is 6.92 Å². The molecule has 3 rings (SSSR count). The van der Waals surface area contributed by atoms with E-state index in [1.54, 1.807) is 0 Å². The second kappa shape index (κ2) is 7.66. The van der Waals surface area contributed by atoms with Crippen molar-refractivity contribution in [3.8, 4) is 5.75 Å². The minimum absolute atomic E-state index is 0. The first-order chi connectivity index (χ1) is 10.2. The van der Waals surface area contributed by atoms with Gasteiger partial charge in [0.15, 0.2) is 0 Å². The van der Waals surface area contributed by atoms with Crippen LogP contribution in [0.4, 0.5) is 0 Å². The summed E-state index contributed by atoms with van der Waals surface area (Å²) in [7, 11) is 2.19. The van der Waals surface area contributed by atoms with Gasteiger partial charge in [0.1, 0.15) is 11.9 Å². The third-order valence-electron chi connectivity index (χ3n) is 4.26. The standard InChI is InChI=1S/C19H23NO.ClH/c1-15-7-6-10-17(13-15)21-19-11-12-20(2)14-18(19)16-8-4-3-5-9-16;/h3-10,13,18-19H,11-12,14H2,1-2H3;1H. The Labute approximate surface area is 139 Å². The Balaban J connectivity index is 0.00000176. The Hall–Kier alpha value is -1.51. The van der Waals surface area contributed by atoms with Crippen LogP contribution >= 0.6 is 12.4 Å². The molecule has 1 aliphatic rings. The van der Waals surface area contributed by atoms with E-state index < -0.39 is 0 Å². The number of hydrogen-bond donors (Lipinski definition) is 0. The lowest BCUT2D eigenvalue weighted by Crippen LogP contribution is -2.42. The van der Waals surface area contributed by atoms with Crippen molar-refractivity contribution in [2.75, 3.05) is 20.1 Å². The fourth-order valence-electron chi connectivity index (χ4n) is 3.12. The monoisotopic (exact) mass is 317 g/mol. The molecule has 0 N–H and O–H groups in total. The van der Waals surface area contributed by atoms with Crippen LogP contribution in [0.1, 0.15) is 23.5 Å². The minimum atomic E-state index is 0. The Bertz CT molecular complexity index is 587. The molecule has 1 aliphatic heterocycles. The van der Waals surface area contributed by atoms with Crippen molar-refractivity contribution in [2.45, 2.75) is 25.4 Å². The van der Waals surface area contributed by atoms with Crippen LogP contribution in [-0.2, 0) is 0 Å². The number of ether oxygens (including phenoxy) is 1. The molecular formula is C19H24ClNO. The first-order valence-corrected chi connectivity index (χ1v) is 7.69. The molecule has 1 saturated heterocycles. The summed E-state index contributed by atoms with van der Waals surface area (Å²) in [4.78, 5) is 2.40. The molecule has 3 heteroatoms. The smallest absolute Gasteiger partial charge is 0.120 e. The summed E-state index contributed by atoms with van der Waals surface area (Å²) in [5.74, 6) is 1.43. The van der Waals surface area contributed by atoms with Crippen LogP contribution in [0.5, 0.6) is 5.75 Å². The maximum absolute atomic E-state index is 6.32. The largest absolute Gasteiger partial charge is 0.490 e. The minimum Gasteiger partial charge on any atom is -0.490 e. The van der Waals surface area contributed by atoms with Crippen LogP contribution < -0.4 is 4.74 Å². The molecule has 0 spiro atoms. The van der Waals surface area contributed by atoms with Crippen LogP contribution in [0.2, 0.25) is 0 Å². The quantitative estimate of drug-likeness (QED) is 0.837. The van der Waals surface area contributed by atoms with Gasteiger partial charge in [0.2, 0.25) is 0 Å². The van der Waals surface area contributed by atoms with Gasteiger partial charge >= 0.3 is 0 Å². The summed E-state index contributed by atoms with van der Waals surface area (Å²) in [6.45, 7) is 4.26. The fourth-order valence-corrected chi connectivity index (χ4v) is 3.12. The Morgan fingerprint density at radius 1 is 1.05 bits per heavy atom. The molecule has 0 bridgehead atoms. The van der Waals surface area contributed by atoms with Crippen molar-refractivity contribution in [2.24, 2.45) is 0 Å². The molecule has 2 aromatic rings. The lowest BCUT2D eigenvalue weighted by molar-refractivity contribution is 0.0902. The van der Waals surface area contributed by atoms with Crippen molar-refractivity contribution in [1.82, 2.24) is 4.90 Å². The molecule has 0 aromatic heterocycles. The summed E-state index contributed by atoms with van der Waals surface area (Å²) in [5, 5.41) is 0. The highest BCUT2D eigenvalue weighted by Gasteiger charge is 2.30. The highest BCUT2D eigenvalue weighted by Crippen LogP contribution is 2.30. The Kier molecular flexibility index (Phi) is 5.87. The van der Waals surface area contributed by atoms with Gasteiger partial charge < -0.3 is 9.64 Å². The van der Waals surface area contributed by atoms with Crippen LogP contribution in [-0.4, -0.2) is 31.1 Å². The van der Waals surface area contributed by atoms with Crippen molar-refractivity contribution in [3.63, 3.8) is 0 Å². The maximum atomic E-state index is 6.32. The second-order valence-corrected chi connectivity index (χ2v) is 6.04. The van der Waals surface area contributed by atoms with Gasteiger partial charge in [-0.1, -0.05) is 42.5 Å². The van der Waals surface area contributed by atoms with Crippen molar-refractivity contribution in [3.05, 3.63) is 65.7 Å². The summed E-state index contributed by atoms with van der Waals surface area (Å²) in [5.41, 5.74) is 2.62. The van der Waals surface area contributed by atoms with E-state index in [0.29, 0.717) is 5.92 Å². The zero-order valence-electron chi connectivity index (χ0n) is 13.2. The van der Waals surface area contributed by atoms with Gasteiger partial charge in [-0.25, -0.2) is 0 Å². The number of likely N-dealkylation sites (tertiary alicyclic amines) is 1. The number of halogens is 1. The maximum Gasteiger partial charge on any atom is 0.120 e. The summed E-state index contributed by atoms with van der Waals surface area (Å²) >= 11 is 0. The first kappa shape index (κ1) is 16.9. The third kappa shape index (κ3) is 4.02. The van der Waals surface area contributed by atoms with Gasteiger partial charge in [0.25, 0.3) is 0 Å². The lowest BCUT2D eigenvalue weighted by atomic mass is 9.88. The van der Waals surface area contributed by atoms with E-state index in [2.05, 4.69) is 73.5 Å². The van der Waals surface area contributed by atoms with Crippen LogP contribution in [0.25, 0.3) is 0 Å². The average molecular weight is 318 g/mol. The summed E-state index contributed by atoms with van der Waals surface area (Å²) in [6, 6.07) is 19.1. The number of piperidine rings is 1. The van der Waals surface area contributed by atoms with Gasteiger partial charge in [-0.15, -0.1) is 12.4 Å². The second-order valence-electron chi connectivity index (χ2n) is 6.04. The normalized spacial score (nSPS) is 21.9. The third-order valence-corrected chi connectivity index (χ3v) is 4.26. The van der Waals surface area contributed by atoms with Gasteiger partial charge in [-0.3, -0.25) is 0 Å². The fraction of sp³-hybridized carbons (Fsp3) is 0.368.